The van der Waals surface area contributed by atoms with Crippen LogP contribution in [0.5, 0.6) is 5.88 Å². The van der Waals surface area contributed by atoms with Crippen molar-refractivity contribution in [1.82, 2.24) is 25.4 Å². The molecule has 1 fully saturated rings. The van der Waals surface area contributed by atoms with Crippen LogP contribution in [0, 0.1) is 0 Å². The Morgan fingerprint density at radius 2 is 1.81 bits per heavy atom. The summed E-state index contributed by atoms with van der Waals surface area (Å²) in [6, 6.07) is 17.4. The van der Waals surface area contributed by atoms with E-state index >= 15 is 0 Å². The number of nitrogens with one attached hydrogen (secondary N) is 2. The summed E-state index contributed by atoms with van der Waals surface area (Å²) in [5.41, 5.74) is 3.01. The van der Waals surface area contributed by atoms with E-state index in [1.165, 1.54) is 6.20 Å². The third-order valence-corrected chi connectivity index (χ3v) is 6.93. The van der Waals surface area contributed by atoms with Gasteiger partial charge in [-0.25, -0.2) is 4.98 Å². The minimum atomic E-state index is -4.43. The van der Waals surface area contributed by atoms with Gasteiger partial charge in [0.25, 0.3) is 0 Å². The number of hydrogen-bond donors (Lipinski definition) is 2. The van der Waals surface area contributed by atoms with Crippen molar-refractivity contribution >= 4 is 28.0 Å². The average molecular weight is 592 g/mol. The lowest BCUT2D eigenvalue weighted by molar-refractivity contribution is -0.130. The average Bonchev–Trinajstić information content (AvgIpc) is 3.49. The zero-order valence-electron chi connectivity index (χ0n) is 23.4. The number of rotatable bonds is 11. The lowest BCUT2D eigenvalue weighted by Gasteiger charge is -2.25. The number of aromatic amines is 1. The first kappa shape index (κ1) is 30.0. The van der Waals surface area contributed by atoms with Crippen molar-refractivity contribution in [3.63, 3.8) is 0 Å². The predicted molar refractivity (Wildman–Crippen MR) is 158 cm³/mol. The Morgan fingerprint density at radius 3 is 2.56 bits per heavy atom. The van der Waals surface area contributed by atoms with E-state index < -0.39 is 12.6 Å². The standard InChI is InChI=1S/C32H32F3N5O3/c33-32(34,35)20-27(23-5-2-1-3-6-23)31(24-8-10-28-26(19-24)22-38-39-28)25-9-11-29(37-21-25)43-16-13-36-12-4-7-30(41)40-14-17-42-18-15-40/h1-11,19,21-22,36H,12-18,20H2,(H,38,39)/b7-4+,31-27-. The van der Waals surface area contributed by atoms with Crippen molar-refractivity contribution < 1.29 is 27.4 Å². The number of allylic oxidation sites excluding steroid dienone is 1. The number of amides is 1. The Morgan fingerprint density at radius 1 is 1.02 bits per heavy atom. The maximum atomic E-state index is 13.9. The number of aromatic nitrogens is 3. The highest BCUT2D eigenvalue weighted by atomic mass is 19.4. The number of ether oxygens (including phenoxy) is 2. The van der Waals surface area contributed by atoms with Crippen LogP contribution in [0.4, 0.5) is 13.2 Å². The van der Waals surface area contributed by atoms with E-state index in [1.807, 2.05) is 6.07 Å². The van der Waals surface area contributed by atoms with Crippen LogP contribution >= 0.6 is 0 Å². The summed E-state index contributed by atoms with van der Waals surface area (Å²) >= 11 is 0. The van der Waals surface area contributed by atoms with Gasteiger partial charge in [0.05, 0.1) is 31.3 Å². The molecular formula is C32H32F3N5O3. The van der Waals surface area contributed by atoms with Gasteiger partial charge in [-0.3, -0.25) is 9.89 Å². The molecule has 1 aliphatic rings. The second-order valence-electron chi connectivity index (χ2n) is 9.96. The molecular weight excluding hydrogens is 559 g/mol. The molecule has 1 amide bonds. The zero-order valence-corrected chi connectivity index (χ0v) is 23.4. The van der Waals surface area contributed by atoms with Crippen LogP contribution < -0.4 is 10.1 Å². The Labute approximate surface area is 247 Å². The van der Waals surface area contributed by atoms with E-state index in [-0.39, 0.29) is 11.5 Å². The van der Waals surface area contributed by atoms with Gasteiger partial charge < -0.3 is 19.7 Å². The molecule has 4 aromatic rings. The Hall–Kier alpha value is -4.48. The maximum absolute atomic E-state index is 13.9. The number of H-pyrrole nitrogens is 1. The largest absolute Gasteiger partial charge is 0.476 e. The maximum Gasteiger partial charge on any atom is 0.393 e. The predicted octanol–water partition coefficient (Wildman–Crippen LogP) is 5.25. The van der Waals surface area contributed by atoms with Gasteiger partial charge in [0.15, 0.2) is 0 Å². The molecule has 224 valence electrons. The van der Waals surface area contributed by atoms with E-state index in [9.17, 15) is 18.0 Å². The summed E-state index contributed by atoms with van der Waals surface area (Å²) in [7, 11) is 0. The highest BCUT2D eigenvalue weighted by molar-refractivity contribution is 6.00. The Bertz CT molecular complexity index is 1560. The third kappa shape index (κ3) is 8.30. The van der Waals surface area contributed by atoms with Crippen LogP contribution in [0.15, 0.2) is 85.2 Å². The van der Waals surface area contributed by atoms with Crippen LogP contribution in [-0.2, 0) is 9.53 Å². The van der Waals surface area contributed by atoms with Crippen molar-refractivity contribution in [2.45, 2.75) is 12.6 Å². The molecule has 2 aromatic heterocycles. The van der Waals surface area contributed by atoms with Crippen LogP contribution in [-0.4, -0.2) is 78.2 Å². The molecule has 11 heteroatoms. The van der Waals surface area contributed by atoms with E-state index in [1.54, 1.807) is 77.8 Å². The molecule has 8 nitrogen and oxygen atoms in total. The molecule has 0 spiro atoms. The summed E-state index contributed by atoms with van der Waals surface area (Å²) < 4.78 is 52.7. The number of nitrogens with zero attached hydrogens (tertiary/aromatic N) is 3. The number of carbonyl (C=O) groups is 1. The van der Waals surface area contributed by atoms with Crippen molar-refractivity contribution in [3.05, 3.63) is 102 Å². The summed E-state index contributed by atoms with van der Waals surface area (Å²) in [6.45, 7) is 3.66. The van der Waals surface area contributed by atoms with Gasteiger partial charge in [0, 0.05) is 55.5 Å². The molecule has 1 saturated heterocycles. The van der Waals surface area contributed by atoms with Crippen molar-refractivity contribution in [2.24, 2.45) is 0 Å². The summed E-state index contributed by atoms with van der Waals surface area (Å²) in [5.74, 6) is 0.319. The fourth-order valence-electron chi connectivity index (χ4n) is 4.86. The summed E-state index contributed by atoms with van der Waals surface area (Å²) in [5, 5.41) is 10.9. The van der Waals surface area contributed by atoms with Crippen LogP contribution in [0.2, 0.25) is 0 Å². The Balaban J connectivity index is 1.29. The van der Waals surface area contributed by atoms with Crippen molar-refractivity contribution in [2.75, 3.05) is 46.0 Å². The fourth-order valence-corrected chi connectivity index (χ4v) is 4.86. The lowest BCUT2D eigenvalue weighted by atomic mass is 9.88. The number of pyridine rings is 1. The van der Waals surface area contributed by atoms with Gasteiger partial charge in [-0.05, 0) is 40.5 Å². The minimum absolute atomic E-state index is 0.0330. The normalized spacial score (nSPS) is 14.7. The van der Waals surface area contributed by atoms with E-state index in [0.29, 0.717) is 74.1 Å². The second-order valence-corrected chi connectivity index (χ2v) is 9.96. The second kappa shape index (κ2) is 14.1. The van der Waals surface area contributed by atoms with Gasteiger partial charge in [-0.15, -0.1) is 0 Å². The molecule has 0 radical (unpaired) electrons. The third-order valence-electron chi connectivity index (χ3n) is 6.93. The molecule has 43 heavy (non-hydrogen) atoms. The first-order chi connectivity index (χ1) is 20.9. The Kier molecular flexibility index (Phi) is 9.85. The van der Waals surface area contributed by atoms with Gasteiger partial charge >= 0.3 is 6.18 Å². The SMILES string of the molecule is O=C(/C=C/CNCCOc1ccc(/C(=C(/CC(F)(F)F)c2ccccc2)c2ccc3[nH]ncc3c2)cn1)N1CCOCC1. The number of halogens is 3. The molecule has 3 heterocycles. The number of alkyl halides is 3. The first-order valence-corrected chi connectivity index (χ1v) is 14.0. The van der Waals surface area contributed by atoms with E-state index in [4.69, 9.17) is 9.47 Å². The van der Waals surface area contributed by atoms with Gasteiger partial charge in [0.2, 0.25) is 11.8 Å². The van der Waals surface area contributed by atoms with Crippen LogP contribution in [0.1, 0.15) is 23.1 Å². The number of carbonyl (C=O) groups excluding carboxylic acids is 1. The molecule has 0 bridgehead atoms. The summed E-state index contributed by atoms with van der Waals surface area (Å²) in [6.07, 6.45) is 0.972. The molecule has 1 aliphatic heterocycles. The van der Waals surface area contributed by atoms with E-state index in [2.05, 4.69) is 20.5 Å². The molecule has 0 atom stereocenters. The topological polar surface area (TPSA) is 92.4 Å². The zero-order chi connectivity index (χ0) is 30.1. The molecule has 2 N–H and O–H groups in total. The monoisotopic (exact) mass is 591 g/mol. The van der Waals surface area contributed by atoms with Crippen LogP contribution in [0.25, 0.3) is 22.0 Å². The van der Waals surface area contributed by atoms with Gasteiger partial charge in [0.1, 0.15) is 6.61 Å². The minimum Gasteiger partial charge on any atom is -0.476 e. The number of hydrogen-bond acceptors (Lipinski definition) is 6. The number of benzene rings is 2. The number of fused-ring (bicyclic) bond motifs is 1. The highest BCUT2D eigenvalue weighted by Crippen LogP contribution is 2.39. The molecule has 0 saturated carbocycles. The summed E-state index contributed by atoms with van der Waals surface area (Å²) in [4.78, 5) is 18.3. The lowest BCUT2D eigenvalue weighted by Crippen LogP contribution is -2.39. The van der Waals surface area contributed by atoms with Crippen LogP contribution in [0.3, 0.4) is 0 Å². The number of morpholine rings is 1. The van der Waals surface area contributed by atoms with Crippen molar-refractivity contribution in [3.8, 4) is 5.88 Å². The highest BCUT2D eigenvalue weighted by Gasteiger charge is 2.31. The molecule has 5 rings (SSSR count). The molecule has 0 unspecified atom stereocenters. The molecule has 0 aliphatic carbocycles. The van der Waals surface area contributed by atoms with Gasteiger partial charge in [-0.1, -0.05) is 42.5 Å². The van der Waals surface area contributed by atoms with Gasteiger partial charge in [-0.2, -0.15) is 18.3 Å². The molecule has 2 aromatic carbocycles. The quantitative estimate of drug-likeness (QED) is 0.141. The smallest absolute Gasteiger partial charge is 0.393 e. The van der Waals surface area contributed by atoms with E-state index in [0.717, 1.165) is 10.9 Å². The first-order valence-electron chi connectivity index (χ1n) is 14.0. The fraction of sp³-hybridized carbons (Fsp3) is 0.281. The van der Waals surface area contributed by atoms with Crippen molar-refractivity contribution in [1.29, 1.82) is 0 Å².